The standard InChI is InChI=1S/C16H11F8O11PS2/c17-9-3-1-5-11(34-15(19,20)21)13(9)37(26,27)32-7-30-36(25)31-8-33-38(28,29)14-10(18)4-2-6-12(14)35-16(22,23)24/h1-6,36H,7-8H2. The second-order valence-corrected chi connectivity index (χ2v) is 10.3. The normalized spacial score (nSPS) is 13.1. The molecule has 0 spiro atoms. The van der Waals surface area contributed by atoms with Crippen LogP contribution >= 0.6 is 8.25 Å². The van der Waals surface area contributed by atoms with Crippen LogP contribution in [0, 0.1) is 11.6 Å². The minimum Gasteiger partial charge on any atom is -0.404 e. The van der Waals surface area contributed by atoms with Gasteiger partial charge in [-0.2, -0.15) is 16.8 Å². The molecule has 0 saturated heterocycles. The summed E-state index contributed by atoms with van der Waals surface area (Å²) in [6, 6.07) is 3.16. The number of alkyl halides is 6. The summed E-state index contributed by atoms with van der Waals surface area (Å²) >= 11 is 0. The van der Waals surface area contributed by atoms with Gasteiger partial charge in [-0.1, -0.05) is 12.1 Å². The lowest BCUT2D eigenvalue weighted by atomic mass is 10.3. The predicted molar refractivity (Wildman–Crippen MR) is 104 cm³/mol. The van der Waals surface area contributed by atoms with Crippen LogP contribution in [-0.2, 0) is 42.2 Å². The van der Waals surface area contributed by atoms with Crippen LogP contribution in [0.2, 0.25) is 0 Å². The maximum absolute atomic E-state index is 13.9. The van der Waals surface area contributed by atoms with Gasteiger partial charge in [0.1, 0.15) is 11.6 Å². The molecule has 0 aliphatic carbocycles. The first-order valence-corrected chi connectivity index (χ1v) is 13.0. The van der Waals surface area contributed by atoms with Crippen molar-refractivity contribution in [3.05, 3.63) is 48.0 Å². The Morgan fingerprint density at radius 2 is 1.00 bits per heavy atom. The van der Waals surface area contributed by atoms with E-state index in [1.807, 2.05) is 0 Å². The summed E-state index contributed by atoms with van der Waals surface area (Å²) in [5, 5.41) is 0. The summed E-state index contributed by atoms with van der Waals surface area (Å²) in [6.07, 6.45) is -10.8. The van der Waals surface area contributed by atoms with E-state index in [0.29, 0.717) is 36.4 Å². The summed E-state index contributed by atoms with van der Waals surface area (Å²) < 4.78 is 186. The molecule has 214 valence electrons. The first-order valence-electron chi connectivity index (χ1n) is 8.99. The monoisotopic (exact) mass is 626 g/mol. The minimum atomic E-state index is -5.42. The lowest BCUT2D eigenvalue weighted by Crippen LogP contribution is -2.20. The van der Waals surface area contributed by atoms with E-state index >= 15 is 0 Å². The summed E-state index contributed by atoms with van der Waals surface area (Å²) in [4.78, 5) is -3.39. The maximum atomic E-state index is 13.9. The Labute approximate surface area is 208 Å². The molecule has 0 bridgehead atoms. The van der Waals surface area contributed by atoms with Gasteiger partial charge in [-0.05, 0) is 24.3 Å². The molecule has 0 radical (unpaired) electrons. The van der Waals surface area contributed by atoms with E-state index in [0.717, 1.165) is 0 Å². The van der Waals surface area contributed by atoms with E-state index in [9.17, 15) is 56.5 Å². The quantitative estimate of drug-likeness (QED) is 0.145. The molecule has 11 nitrogen and oxygen atoms in total. The van der Waals surface area contributed by atoms with Crippen molar-refractivity contribution in [2.75, 3.05) is 13.6 Å². The van der Waals surface area contributed by atoms with Gasteiger partial charge in [-0.25, -0.2) is 17.1 Å². The van der Waals surface area contributed by atoms with Crippen molar-refractivity contribution in [3.63, 3.8) is 0 Å². The molecule has 2 aromatic rings. The number of hydrogen-bond donors (Lipinski definition) is 0. The van der Waals surface area contributed by atoms with Crippen LogP contribution in [-0.4, -0.2) is 43.1 Å². The third-order valence-electron chi connectivity index (χ3n) is 3.57. The molecule has 0 N–H and O–H groups in total. The number of halogens is 8. The molecule has 0 aromatic heterocycles. The van der Waals surface area contributed by atoms with E-state index in [4.69, 9.17) is 0 Å². The molecule has 38 heavy (non-hydrogen) atoms. The number of ether oxygens (including phenoxy) is 2. The van der Waals surface area contributed by atoms with Crippen LogP contribution in [0.4, 0.5) is 35.1 Å². The highest BCUT2D eigenvalue weighted by atomic mass is 32.2. The summed E-state index contributed by atoms with van der Waals surface area (Å²) in [5.74, 6) is -6.48. The molecule has 0 saturated carbocycles. The van der Waals surface area contributed by atoms with Crippen LogP contribution in [0.3, 0.4) is 0 Å². The fourth-order valence-corrected chi connectivity index (χ4v) is 4.78. The zero-order valence-electron chi connectivity index (χ0n) is 17.7. The number of benzene rings is 2. The Bertz CT molecular complexity index is 1280. The first kappa shape index (κ1) is 31.7. The van der Waals surface area contributed by atoms with Crippen molar-refractivity contribution in [2.45, 2.75) is 22.5 Å². The van der Waals surface area contributed by atoms with Gasteiger partial charge in [-0.3, -0.25) is 13.6 Å². The van der Waals surface area contributed by atoms with Crippen molar-refractivity contribution < 1.29 is 83.4 Å². The second kappa shape index (κ2) is 12.1. The molecule has 0 unspecified atom stereocenters. The Hall–Kier alpha value is -2.55. The second-order valence-electron chi connectivity index (χ2n) is 6.15. The van der Waals surface area contributed by atoms with Gasteiger partial charge in [0.25, 0.3) is 0 Å². The first-order chi connectivity index (χ1) is 17.3. The third kappa shape index (κ3) is 9.33. The van der Waals surface area contributed by atoms with Gasteiger partial charge in [0, 0.05) is 0 Å². The number of rotatable bonds is 12. The molecule has 2 rings (SSSR count). The van der Waals surface area contributed by atoms with E-state index in [1.54, 1.807) is 0 Å². The molecule has 0 aliphatic rings. The highest BCUT2D eigenvalue weighted by molar-refractivity contribution is 7.87. The van der Waals surface area contributed by atoms with Crippen molar-refractivity contribution in [1.29, 1.82) is 0 Å². The lowest BCUT2D eigenvalue weighted by Gasteiger charge is -2.14. The minimum absolute atomic E-state index is 0.443. The average molecular weight is 626 g/mol. The highest BCUT2D eigenvalue weighted by Gasteiger charge is 2.37. The van der Waals surface area contributed by atoms with Crippen LogP contribution in [0.1, 0.15) is 0 Å². The zero-order chi connectivity index (χ0) is 28.9. The summed E-state index contributed by atoms with van der Waals surface area (Å²) in [5.41, 5.74) is 0. The van der Waals surface area contributed by atoms with Gasteiger partial charge < -0.3 is 9.47 Å². The summed E-state index contributed by atoms with van der Waals surface area (Å²) in [7, 11) is -14.7. The fraction of sp³-hybridized carbons (Fsp3) is 0.250. The molecule has 22 heteroatoms. The van der Waals surface area contributed by atoms with E-state index in [1.165, 1.54) is 0 Å². The van der Waals surface area contributed by atoms with Crippen LogP contribution in [0.5, 0.6) is 11.5 Å². The lowest BCUT2D eigenvalue weighted by molar-refractivity contribution is -0.276. The SMILES string of the molecule is O=[PH](OCOS(=O)(=O)c1c(F)cccc1OC(F)(F)F)OCOS(=O)(=O)c1c(F)cccc1OC(F)(F)F. The van der Waals surface area contributed by atoms with E-state index in [-0.39, 0.29) is 0 Å². The predicted octanol–water partition coefficient (Wildman–Crippen LogP) is 4.21. The topological polar surface area (TPSA) is 141 Å². The van der Waals surface area contributed by atoms with E-state index < -0.39 is 87.7 Å². The van der Waals surface area contributed by atoms with E-state index in [2.05, 4.69) is 26.9 Å². The summed E-state index contributed by atoms with van der Waals surface area (Å²) in [6.45, 7) is -3.16. The molecular formula is C16H11F8O11PS2. The molecule has 0 atom stereocenters. The molecular weight excluding hydrogens is 615 g/mol. The van der Waals surface area contributed by atoms with Gasteiger partial charge in [-0.15, -0.1) is 26.3 Å². The van der Waals surface area contributed by atoms with Crippen molar-refractivity contribution in [2.24, 2.45) is 0 Å². The van der Waals surface area contributed by atoms with Gasteiger partial charge in [0.15, 0.2) is 34.9 Å². The number of hydrogen-bond acceptors (Lipinski definition) is 11. The van der Waals surface area contributed by atoms with Crippen LogP contribution in [0.25, 0.3) is 0 Å². The molecule has 0 fully saturated rings. The molecule has 2 aromatic carbocycles. The van der Waals surface area contributed by atoms with Crippen molar-refractivity contribution in [3.8, 4) is 11.5 Å². The Kier molecular flexibility index (Phi) is 10.1. The smallest absolute Gasteiger partial charge is 0.404 e. The maximum Gasteiger partial charge on any atom is 0.573 e. The third-order valence-corrected chi connectivity index (χ3v) is 6.89. The van der Waals surface area contributed by atoms with Crippen LogP contribution in [0.15, 0.2) is 46.2 Å². The molecule has 0 aliphatic heterocycles. The average Bonchev–Trinajstić information content (AvgIpc) is 2.70. The highest BCUT2D eigenvalue weighted by Crippen LogP contribution is 2.35. The largest absolute Gasteiger partial charge is 0.573 e. The Morgan fingerprint density at radius 1 is 0.658 bits per heavy atom. The zero-order valence-corrected chi connectivity index (χ0v) is 20.3. The van der Waals surface area contributed by atoms with Gasteiger partial charge >= 0.3 is 41.2 Å². The van der Waals surface area contributed by atoms with Gasteiger partial charge in [0.2, 0.25) is 0 Å². The van der Waals surface area contributed by atoms with Crippen LogP contribution < -0.4 is 9.47 Å². The van der Waals surface area contributed by atoms with Gasteiger partial charge in [0.05, 0.1) is 0 Å². The van der Waals surface area contributed by atoms with Crippen molar-refractivity contribution >= 4 is 28.5 Å². The fourth-order valence-electron chi connectivity index (χ4n) is 2.30. The van der Waals surface area contributed by atoms with Crippen molar-refractivity contribution in [1.82, 2.24) is 0 Å². The molecule has 0 heterocycles. The molecule has 0 amide bonds. The Morgan fingerprint density at radius 3 is 1.32 bits per heavy atom. The Balaban J connectivity index is 1.99.